The Morgan fingerprint density at radius 1 is 1.50 bits per heavy atom. The molecule has 1 rings (SSSR count). The maximum atomic E-state index is 9.51. The summed E-state index contributed by atoms with van der Waals surface area (Å²) in [4.78, 5) is 0. The van der Waals surface area contributed by atoms with E-state index in [-0.39, 0.29) is 0 Å². The first-order valence-electron chi connectivity index (χ1n) is 3.43. The van der Waals surface area contributed by atoms with E-state index in [9.17, 15) is 15.3 Å². The molecule has 6 heteroatoms. The number of aliphatic hydroxyl groups is 4. The van der Waals surface area contributed by atoms with Crippen molar-refractivity contribution in [2.75, 3.05) is 6.61 Å². The van der Waals surface area contributed by atoms with Crippen molar-refractivity contribution >= 4 is 15.9 Å². The van der Waals surface area contributed by atoms with Crippen LogP contribution in [0.15, 0.2) is 0 Å². The fraction of sp³-hybridized carbons (Fsp3) is 1.00. The van der Waals surface area contributed by atoms with Gasteiger partial charge in [0.15, 0.2) is 5.60 Å². The monoisotopic (exact) mass is 242 g/mol. The first-order valence-corrected chi connectivity index (χ1v) is 4.22. The minimum absolute atomic E-state index is 0.467. The summed E-state index contributed by atoms with van der Waals surface area (Å²) in [7, 11) is 0. The molecule has 5 nitrogen and oxygen atoms in total. The molecule has 72 valence electrons. The molecule has 0 amide bonds. The van der Waals surface area contributed by atoms with Gasteiger partial charge in [0.05, 0.1) is 6.61 Å². The van der Waals surface area contributed by atoms with Crippen LogP contribution in [0.3, 0.4) is 0 Å². The first-order chi connectivity index (χ1) is 5.33. The molecule has 1 unspecified atom stereocenters. The van der Waals surface area contributed by atoms with Gasteiger partial charge >= 0.3 is 0 Å². The molecular formula is C6H11BrO5. The van der Waals surface area contributed by atoms with Gasteiger partial charge in [-0.1, -0.05) is 0 Å². The highest BCUT2D eigenvalue weighted by Crippen LogP contribution is 2.41. The second-order valence-electron chi connectivity index (χ2n) is 2.99. The topological polar surface area (TPSA) is 90.2 Å². The van der Waals surface area contributed by atoms with E-state index in [4.69, 9.17) is 9.84 Å². The fourth-order valence-corrected chi connectivity index (χ4v) is 1.54. The first kappa shape index (κ1) is 10.4. The molecule has 0 aromatic rings. The zero-order valence-electron chi connectivity index (χ0n) is 6.44. The summed E-state index contributed by atoms with van der Waals surface area (Å²) in [6.45, 7) is 0.743. The lowest BCUT2D eigenvalue weighted by Gasteiger charge is -2.28. The van der Waals surface area contributed by atoms with Crippen molar-refractivity contribution in [3.05, 3.63) is 0 Å². The SMILES string of the molecule is C[C@@]1(O)[C@H](O)[C@@H](CO)OC1(O)Br. The quantitative estimate of drug-likeness (QED) is 0.422. The van der Waals surface area contributed by atoms with Gasteiger partial charge in [-0.15, -0.1) is 0 Å². The minimum Gasteiger partial charge on any atom is -0.394 e. The van der Waals surface area contributed by atoms with Gasteiger partial charge in [-0.25, -0.2) is 0 Å². The summed E-state index contributed by atoms with van der Waals surface area (Å²) in [6.07, 6.45) is -2.31. The predicted molar refractivity (Wildman–Crippen MR) is 42.5 cm³/mol. The van der Waals surface area contributed by atoms with Gasteiger partial charge in [0.2, 0.25) is 0 Å². The molecule has 4 N–H and O–H groups in total. The van der Waals surface area contributed by atoms with E-state index in [1.54, 1.807) is 0 Å². The molecular weight excluding hydrogens is 232 g/mol. The number of hydrogen-bond acceptors (Lipinski definition) is 5. The third kappa shape index (κ3) is 1.28. The smallest absolute Gasteiger partial charge is 0.256 e. The summed E-state index contributed by atoms with van der Waals surface area (Å²) < 4.78 is 2.74. The van der Waals surface area contributed by atoms with Crippen molar-refractivity contribution in [1.29, 1.82) is 0 Å². The summed E-state index contributed by atoms with van der Waals surface area (Å²) in [5, 5.41) is 36.9. The minimum atomic E-state index is -2.01. The summed E-state index contributed by atoms with van der Waals surface area (Å²) in [5.74, 6) is 0. The van der Waals surface area contributed by atoms with Crippen LogP contribution in [-0.4, -0.2) is 49.5 Å². The highest BCUT2D eigenvalue weighted by atomic mass is 79.9. The molecule has 1 fully saturated rings. The number of hydrogen-bond donors (Lipinski definition) is 4. The summed E-state index contributed by atoms with van der Waals surface area (Å²) in [5.41, 5.74) is -1.83. The van der Waals surface area contributed by atoms with Crippen LogP contribution in [0.4, 0.5) is 0 Å². The van der Waals surface area contributed by atoms with E-state index in [0.29, 0.717) is 0 Å². The number of rotatable bonds is 1. The van der Waals surface area contributed by atoms with E-state index in [1.807, 2.05) is 0 Å². The molecule has 0 radical (unpaired) electrons. The van der Waals surface area contributed by atoms with Crippen LogP contribution in [0.5, 0.6) is 0 Å². The Morgan fingerprint density at radius 3 is 2.17 bits per heavy atom. The molecule has 0 saturated carbocycles. The lowest BCUT2D eigenvalue weighted by atomic mass is 9.98. The molecule has 0 aromatic heterocycles. The third-order valence-electron chi connectivity index (χ3n) is 2.04. The Bertz CT molecular complexity index is 181. The molecule has 1 heterocycles. The van der Waals surface area contributed by atoms with E-state index in [2.05, 4.69) is 15.9 Å². The maximum absolute atomic E-state index is 9.51. The molecule has 12 heavy (non-hydrogen) atoms. The van der Waals surface area contributed by atoms with Crippen LogP contribution in [0, 0.1) is 0 Å². The lowest BCUT2D eigenvalue weighted by molar-refractivity contribution is -0.192. The van der Waals surface area contributed by atoms with Crippen LogP contribution in [0.1, 0.15) is 6.92 Å². The zero-order chi connectivity index (χ0) is 9.57. The van der Waals surface area contributed by atoms with Gasteiger partial charge < -0.3 is 25.2 Å². The van der Waals surface area contributed by atoms with E-state index in [0.717, 1.165) is 0 Å². The van der Waals surface area contributed by atoms with Crippen molar-refractivity contribution in [3.8, 4) is 0 Å². The van der Waals surface area contributed by atoms with Gasteiger partial charge in [-0.2, -0.15) is 0 Å². The normalized spacial score (nSPS) is 54.5. The van der Waals surface area contributed by atoms with Crippen LogP contribution in [0.2, 0.25) is 0 Å². The van der Waals surface area contributed by atoms with Gasteiger partial charge in [-0.3, -0.25) is 0 Å². The molecule has 1 aliphatic heterocycles. The summed E-state index contributed by atoms with van der Waals surface area (Å²) in [6, 6.07) is 0. The molecule has 0 aliphatic carbocycles. The van der Waals surface area contributed by atoms with Gasteiger partial charge in [-0.05, 0) is 22.9 Å². The average Bonchev–Trinajstić information content (AvgIpc) is 2.11. The molecule has 0 bridgehead atoms. The second kappa shape index (κ2) is 2.90. The lowest BCUT2D eigenvalue weighted by Crippen LogP contribution is -2.50. The third-order valence-corrected chi connectivity index (χ3v) is 3.03. The second-order valence-corrected chi connectivity index (χ2v) is 4.07. The highest BCUT2D eigenvalue weighted by molar-refractivity contribution is 9.10. The maximum Gasteiger partial charge on any atom is 0.256 e. The molecule has 0 aromatic carbocycles. The van der Waals surface area contributed by atoms with Crippen LogP contribution < -0.4 is 0 Å². The Kier molecular flexibility index (Phi) is 2.50. The van der Waals surface area contributed by atoms with Crippen LogP contribution >= 0.6 is 15.9 Å². The molecule has 0 spiro atoms. The van der Waals surface area contributed by atoms with E-state index >= 15 is 0 Å². The van der Waals surface area contributed by atoms with Crippen molar-refractivity contribution in [2.45, 2.75) is 29.4 Å². The molecule has 4 atom stereocenters. The number of aliphatic hydroxyl groups excluding tert-OH is 2. The van der Waals surface area contributed by atoms with Crippen molar-refractivity contribution in [1.82, 2.24) is 0 Å². The van der Waals surface area contributed by atoms with E-state index < -0.39 is 29.1 Å². The zero-order valence-corrected chi connectivity index (χ0v) is 8.02. The fourth-order valence-electron chi connectivity index (χ4n) is 1.07. The van der Waals surface area contributed by atoms with E-state index in [1.165, 1.54) is 6.92 Å². The van der Waals surface area contributed by atoms with Crippen molar-refractivity contribution in [3.63, 3.8) is 0 Å². The Balaban J connectivity index is 2.88. The standard InChI is InChI=1S/C6H11BrO5/c1-5(10)4(9)3(2-8)12-6(5,7)11/h3-4,8-11H,2H2,1H3/t3-,4-,5-,6?/m1/s1. The van der Waals surface area contributed by atoms with Gasteiger partial charge in [0, 0.05) is 0 Å². The van der Waals surface area contributed by atoms with Crippen LogP contribution in [0.25, 0.3) is 0 Å². The van der Waals surface area contributed by atoms with Crippen molar-refractivity contribution < 1.29 is 25.2 Å². The largest absolute Gasteiger partial charge is 0.394 e. The van der Waals surface area contributed by atoms with Gasteiger partial charge in [0.25, 0.3) is 4.70 Å². The molecule has 1 saturated heterocycles. The predicted octanol–water partition coefficient (Wildman–Crippen LogP) is -1.47. The Hall–Kier alpha value is 0.280. The molecule has 1 aliphatic rings. The Labute approximate surface area is 77.7 Å². The highest BCUT2D eigenvalue weighted by Gasteiger charge is 2.60. The number of halogens is 1. The van der Waals surface area contributed by atoms with Crippen molar-refractivity contribution in [2.24, 2.45) is 0 Å². The van der Waals surface area contributed by atoms with Crippen LogP contribution in [-0.2, 0) is 4.74 Å². The Morgan fingerprint density at radius 2 is 2.00 bits per heavy atom. The average molecular weight is 243 g/mol. The number of alkyl halides is 1. The number of ether oxygens (including phenoxy) is 1. The summed E-state index contributed by atoms with van der Waals surface area (Å²) >= 11 is 2.70. The van der Waals surface area contributed by atoms with Gasteiger partial charge in [0.1, 0.15) is 12.2 Å².